The van der Waals surface area contributed by atoms with Crippen LogP contribution in [-0.2, 0) is 65.4 Å². The van der Waals surface area contributed by atoms with Gasteiger partial charge in [0.25, 0.3) is 0 Å². The predicted molar refractivity (Wildman–Crippen MR) is 354 cm³/mol. The second-order valence-corrected chi connectivity index (χ2v) is 29.0. The van der Waals surface area contributed by atoms with E-state index in [9.17, 15) is 43.2 Å². The number of carbonyl (C=O) groups excluding carboxylic acids is 4. The fourth-order valence-electron chi connectivity index (χ4n) is 10.3. The maximum absolute atomic E-state index is 13.0. The molecule has 0 saturated heterocycles. The van der Waals surface area contributed by atoms with Crippen molar-refractivity contribution in [3.05, 3.63) is 0 Å². The summed E-state index contributed by atoms with van der Waals surface area (Å²) in [4.78, 5) is 72.5. The Balaban J connectivity index is 5.26. The summed E-state index contributed by atoms with van der Waals surface area (Å²) < 4.78 is 68.2. The predicted octanol–water partition coefficient (Wildman–Crippen LogP) is 19.5. The summed E-state index contributed by atoms with van der Waals surface area (Å²) in [5.74, 6) is 0.139. The van der Waals surface area contributed by atoms with E-state index in [1.807, 2.05) is 0 Å². The van der Waals surface area contributed by atoms with Crippen molar-refractivity contribution in [1.29, 1.82) is 0 Å². The van der Waals surface area contributed by atoms with Gasteiger partial charge in [-0.2, -0.15) is 0 Å². The first-order valence-corrected chi connectivity index (χ1v) is 38.9. The molecule has 19 heteroatoms. The number of aliphatic hydroxyl groups is 1. The van der Waals surface area contributed by atoms with Crippen molar-refractivity contribution in [1.82, 2.24) is 0 Å². The molecule has 0 bridgehead atoms. The van der Waals surface area contributed by atoms with Crippen molar-refractivity contribution in [3.63, 3.8) is 0 Å². The van der Waals surface area contributed by atoms with Gasteiger partial charge in [0, 0.05) is 25.7 Å². The highest BCUT2D eigenvalue weighted by Crippen LogP contribution is 2.45. The molecule has 0 rings (SSSR count). The van der Waals surface area contributed by atoms with E-state index in [-0.39, 0.29) is 25.7 Å². The van der Waals surface area contributed by atoms with Crippen molar-refractivity contribution in [2.75, 3.05) is 39.6 Å². The van der Waals surface area contributed by atoms with Crippen molar-refractivity contribution in [2.45, 2.75) is 362 Å². The molecule has 0 spiro atoms. The third-order valence-electron chi connectivity index (χ3n) is 16.2. The maximum Gasteiger partial charge on any atom is 0.472 e. The Bertz CT molecular complexity index is 1730. The average Bonchev–Trinajstić information content (AvgIpc) is 3.61. The molecule has 0 fully saturated rings. The molecule has 0 amide bonds. The zero-order valence-corrected chi connectivity index (χ0v) is 59.0. The lowest BCUT2D eigenvalue weighted by atomic mass is 9.99. The van der Waals surface area contributed by atoms with Gasteiger partial charge in [-0.15, -0.1) is 0 Å². The number of esters is 4. The van der Waals surface area contributed by atoms with Crippen LogP contribution in [0.15, 0.2) is 0 Å². The molecule has 0 aliphatic rings. The van der Waals surface area contributed by atoms with Crippen LogP contribution in [0.5, 0.6) is 0 Å². The first-order chi connectivity index (χ1) is 42.3. The summed E-state index contributed by atoms with van der Waals surface area (Å²) in [6, 6.07) is 0. The highest BCUT2D eigenvalue weighted by Gasteiger charge is 2.30. The minimum absolute atomic E-state index is 0.106. The van der Waals surface area contributed by atoms with Crippen LogP contribution in [0.25, 0.3) is 0 Å². The normalized spacial score (nSPS) is 14.5. The molecule has 0 aromatic heterocycles. The number of phosphoric acid groups is 2. The zero-order chi connectivity index (χ0) is 65.2. The number of phosphoric ester groups is 2. The molecule has 6 atom stereocenters. The Morgan fingerprint density at radius 3 is 0.864 bits per heavy atom. The van der Waals surface area contributed by atoms with Crippen LogP contribution in [0.3, 0.4) is 0 Å². The average molecular weight is 1300 g/mol. The third-order valence-corrected chi connectivity index (χ3v) is 18.1. The Morgan fingerprint density at radius 2 is 0.580 bits per heavy atom. The molecule has 3 N–H and O–H groups in total. The number of hydrogen-bond acceptors (Lipinski definition) is 15. The van der Waals surface area contributed by atoms with Gasteiger partial charge in [0.05, 0.1) is 26.4 Å². The van der Waals surface area contributed by atoms with E-state index in [2.05, 4.69) is 48.5 Å². The van der Waals surface area contributed by atoms with Gasteiger partial charge in [-0.25, -0.2) is 9.13 Å². The second-order valence-electron chi connectivity index (χ2n) is 26.1. The second kappa shape index (κ2) is 60.0. The molecular formula is C69H134O17P2. The third kappa shape index (κ3) is 61.6. The van der Waals surface area contributed by atoms with Crippen LogP contribution in [0.2, 0.25) is 0 Å². The van der Waals surface area contributed by atoms with Crippen LogP contribution in [-0.4, -0.2) is 96.7 Å². The van der Waals surface area contributed by atoms with Crippen LogP contribution >= 0.6 is 15.6 Å². The fourth-order valence-corrected chi connectivity index (χ4v) is 11.9. The number of unbranched alkanes of at least 4 members (excludes halogenated alkanes) is 34. The van der Waals surface area contributed by atoms with Crippen molar-refractivity contribution >= 4 is 39.5 Å². The summed E-state index contributed by atoms with van der Waals surface area (Å²) >= 11 is 0. The number of carbonyl (C=O) groups is 4. The van der Waals surface area contributed by atoms with E-state index in [0.717, 1.165) is 108 Å². The standard InChI is InChI=1S/C69H134O17P2/c1-8-10-11-12-13-14-15-23-30-38-45-52-68(73)86-65(57-80-67(72)51-44-37-32-25-27-34-41-48-61(5)6)59-84-88(77,78)82-55-63(70)54-81-87(75,76)83-58-64(56-79-66(71)50-43-36-29-22-18-16-20-26-33-40-47-60(3)4)85-69(74)53-46-39-31-24-19-17-21-28-35-42-49-62(7)9-2/h60-65,70H,8-59H2,1-7H3,(H,75,76)(H,77,78)/t62?,63-,64-,65-/m1/s1. The number of hydrogen-bond donors (Lipinski definition) is 3. The van der Waals surface area contributed by atoms with Crippen LogP contribution < -0.4 is 0 Å². The minimum Gasteiger partial charge on any atom is -0.462 e. The molecule has 3 unspecified atom stereocenters. The van der Waals surface area contributed by atoms with E-state index >= 15 is 0 Å². The Labute approximate surface area is 537 Å². The molecule has 0 radical (unpaired) electrons. The van der Waals surface area contributed by atoms with E-state index in [1.165, 1.54) is 148 Å². The van der Waals surface area contributed by atoms with E-state index in [0.29, 0.717) is 31.6 Å². The molecule has 88 heavy (non-hydrogen) atoms. The summed E-state index contributed by atoms with van der Waals surface area (Å²) in [5, 5.41) is 10.6. The summed E-state index contributed by atoms with van der Waals surface area (Å²) in [5.41, 5.74) is 0. The van der Waals surface area contributed by atoms with E-state index in [4.69, 9.17) is 37.0 Å². The van der Waals surface area contributed by atoms with Gasteiger partial charge in [0.15, 0.2) is 12.2 Å². The minimum atomic E-state index is -4.95. The van der Waals surface area contributed by atoms with Crippen molar-refractivity contribution in [2.24, 2.45) is 17.8 Å². The summed E-state index contributed by atoms with van der Waals surface area (Å²) in [7, 11) is -9.90. The van der Waals surface area contributed by atoms with E-state index < -0.39 is 97.5 Å². The first-order valence-electron chi connectivity index (χ1n) is 35.9. The lowest BCUT2D eigenvalue weighted by Gasteiger charge is -2.21. The van der Waals surface area contributed by atoms with Crippen LogP contribution in [0.1, 0.15) is 344 Å². The molecule has 0 aromatic carbocycles. The highest BCUT2D eigenvalue weighted by atomic mass is 31.2. The highest BCUT2D eigenvalue weighted by molar-refractivity contribution is 7.47. The van der Waals surface area contributed by atoms with Crippen LogP contribution in [0.4, 0.5) is 0 Å². The first kappa shape index (κ1) is 86.1. The fraction of sp³-hybridized carbons (Fsp3) is 0.942. The quantitative estimate of drug-likeness (QED) is 0.0222. The SMILES string of the molecule is CCCCCCCCCCCCCC(=O)O[C@H](COC(=O)CCCCCCCCCC(C)C)COP(=O)(O)OC[C@H](O)COP(=O)(O)OC[C@@H](COC(=O)CCCCCCCCCCCCC(C)C)OC(=O)CCCCCCCCCCCCC(C)CC. The maximum atomic E-state index is 13.0. The number of rotatable bonds is 67. The topological polar surface area (TPSA) is 237 Å². The van der Waals surface area contributed by atoms with Gasteiger partial charge >= 0.3 is 39.5 Å². The van der Waals surface area contributed by atoms with Gasteiger partial charge in [0.1, 0.15) is 19.3 Å². The van der Waals surface area contributed by atoms with Crippen LogP contribution in [0, 0.1) is 17.8 Å². The van der Waals surface area contributed by atoms with Gasteiger partial charge < -0.3 is 33.8 Å². The van der Waals surface area contributed by atoms with Gasteiger partial charge in [-0.3, -0.25) is 37.3 Å². The van der Waals surface area contributed by atoms with Crippen molar-refractivity contribution < 1.29 is 80.2 Å². The monoisotopic (exact) mass is 1300 g/mol. The summed E-state index contributed by atoms with van der Waals surface area (Å²) in [6.45, 7) is 11.8. The molecule has 0 aliphatic carbocycles. The molecular weight excluding hydrogens is 1160 g/mol. The van der Waals surface area contributed by atoms with E-state index in [1.54, 1.807) is 0 Å². The molecule has 0 heterocycles. The number of aliphatic hydroxyl groups excluding tert-OH is 1. The Kier molecular flexibility index (Phi) is 58.7. The lowest BCUT2D eigenvalue weighted by molar-refractivity contribution is -0.161. The Morgan fingerprint density at radius 1 is 0.330 bits per heavy atom. The zero-order valence-electron chi connectivity index (χ0n) is 57.2. The molecule has 522 valence electrons. The van der Waals surface area contributed by atoms with Gasteiger partial charge in [-0.1, -0.05) is 292 Å². The molecule has 0 aromatic rings. The number of ether oxygens (including phenoxy) is 4. The largest absolute Gasteiger partial charge is 0.472 e. The van der Waals surface area contributed by atoms with Crippen molar-refractivity contribution in [3.8, 4) is 0 Å². The lowest BCUT2D eigenvalue weighted by Crippen LogP contribution is -2.30. The summed E-state index contributed by atoms with van der Waals surface area (Å²) in [6.07, 6.45) is 43.0. The molecule has 0 aliphatic heterocycles. The van der Waals surface area contributed by atoms with Gasteiger partial charge in [0.2, 0.25) is 0 Å². The molecule has 17 nitrogen and oxygen atoms in total. The smallest absolute Gasteiger partial charge is 0.462 e. The van der Waals surface area contributed by atoms with Gasteiger partial charge in [-0.05, 0) is 43.4 Å². The molecule has 0 saturated carbocycles. The Hall–Kier alpha value is -1.94.